The number of anilines is 2. The number of rotatable bonds is 5. The van der Waals surface area contributed by atoms with Crippen LogP contribution >= 0.6 is 0 Å². The average Bonchev–Trinajstić information content (AvgIpc) is 2.94. The standard InChI is InChI=1S/C19H19FN4O2/c1-24-15-7-9-21-19(25)17(15)14-5-6-16(23-18(14)24)22-12-3-2-4-13(11-12)26-10-8-20/h2-6,11H,7-10H2,1H3,(H,21,25)(H,22,23)/i20-1. The molecule has 0 saturated heterocycles. The summed E-state index contributed by atoms with van der Waals surface area (Å²) in [6.45, 7) is 0.152. The normalized spacial score (nSPS) is 13.4. The van der Waals surface area contributed by atoms with Gasteiger partial charge in [-0.1, -0.05) is 6.07 Å². The fraction of sp³-hybridized carbons (Fsp3) is 0.263. The lowest BCUT2D eigenvalue weighted by molar-refractivity contribution is 0.0947. The molecule has 134 valence electrons. The van der Waals surface area contributed by atoms with Crippen molar-refractivity contribution in [3.63, 3.8) is 0 Å². The Bertz CT molecular complexity index is 983. The van der Waals surface area contributed by atoms with Gasteiger partial charge in [-0.3, -0.25) is 4.79 Å². The van der Waals surface area contributed by atoms with Crippen molar-refractivity contribution in [1.82, 2.24) is 14.9 Å². The number of aromatic nitrogens is 2. The predicted octanol–water partition coefficient (Wildman–Crippen LogP) is 2.95. The molecule has 2 N–H and O–H groups in total. The number of carbonyl (C=O) groups is 1. The van der Waals surface area contributed by atoms with Gasteiger partial charge in [0.1, 0.15) is 30.5 Å². The van der Waals surface area contributed by atoms with Crippen LogP contribution in [0.25, 0.3) is 11.0 Å². The average molecular weight is 353 g/mol. The van der Waals surface area contributed by atoms with Gasteiger partial charge in [-0.25, -0.2) is 9.37 Å². The number of amides is 1. The summed E-state index contributed by atoms with van der Waals surface area (Å²) in [6.07, 6.45) is 0.796. The molecule has 0 spiro atoms. The summed E-state index contributed by atoms with van der Waals surface area (Å²) < 4.78 is 19.5. The van der Waals surface area contributed by atoms with Gasteiger partial charge in [-0.05, 0) is 24.3 Å². The number of nitrogens with one attached hydrogen (secondary N) is 2. The van der Waals surface area contributed by atoms with E-state index >= 15 is 0 Å². The van der Waals surface area contributed by atoms with Gasteiger partial charge >= 0.3 is 0 Å². The monoisotopic (exact) mass is 353 g/mol. The second-order valence-corrected chi connectivity index (χ2v) is 6.14. The summed E-state index contributed by atoms with van der Waals surface area (Å²) in [6, 6.07) is 11.1. The second kappa shape index (κ2) is 6.67. The zero-order valence-electron chi connectivity index (χ0n) is 14.4. The number of aryl methyl sites for hydroxylation is 1. The van der Waals surface area contributed by atoms with E-state index < -0.39 is 6.67 Å². The molecule has 0 aliphatic carbocycles. The molecule has 6 nitrogen and oxygen atoms in total. The molecule has 0 unspecified atom stereocenters. The van der Waals surface area contributed by atoms with Gasteiger partial charge < -0.3 is 19.9 Å². The van der Waals surface area contributed by atoms with Crippen molar-refractivity contribution < 1.29 is 13.9 Å². The number of nitrogens with zero attached hydrogens (tertiary/aromatic N) is 2. The van der Waals surface area contributed by atoms with Crippen LogP contribution in [-0.2, 0) is 13.5 Å². The lowest BCUT2D eigenvalue weighted by Gasteiger charge is -2.13. The molecule has 3 heterocycles. The highest BCUT2D eigenvalue weighted by molar-refractivity contribution is 6.08. The lowest BCUT2D eigenvalue weighted by Crippen LogP contribution is -2.32. The highest BCUT2D eigenvalue weighted by Gasteiger charge is 2.25. The first-order valence-electron chi connectivity index (χ1n) is 8.49. The molecule has 7 heteroatoms. The quantitative estimate of drug-likeness (QED) is 0.740. The largest absolute Gasteiger partial charge is 0.491 e. The van der Waals surface area contributed by atoms with Crippen molar-refractivity contribution in [2.75, 3.05) is 25.1 Å². The van der Waals surface area contributed by atoms with Crippen molar-refractivity contribution in [2.24, 2.45) is 7.05 Å². The highest BCUT2D eigenvalue weighted by atomic mass is 18.2. The molecule has 0 saturated carbocycles. The number of hydrogen-bond acceptors (Lipinski definition) is 4. The van der Waals surface area contributed by atoms with Gasteiger partial charge in [0, 0.05) is 42.8 Å². The lowest BCUT2D eigenvalue weighted by atomic mass is 10.1. The molecule has 1 aromatic carbocycles. The van der Waals surface area contributed by atoms with Crippen LogP contribution in [-0.4, -0.2) is 35.3 Å². The molecule has 0 fully saturated rings. The third-order valence-electron chi connectivity index (χ3n) is 4.48. The third kappa shape index (κ3) is 2.85. The first-order chi connectivity index (χ1) is 12.7. The molecule has 3 aromatic rings. The summed E-state index contributed by atoms with van der Waals surface area (Å²) >= 11 is 0. The van der Waals surface area contributed by atoms with E-state index in [2.05, 4.69) is 15.6 Å². The summed E-state index contributed by atoms with van der Waals surface area (Å²) in [5.41, 5.74) is 3.29. The Morgan fingerprint density at radius 1 is 1.35 bits per heavy atom. The number of alkyl halides is 1. The van der Waals surface area contributed by atoms with E-state index in [9.17, 15) is 9.18 Å². The minimum Gasteiger partial charge on any atom is -0.491 e. The minimum absolute atomic E-state index is 0.0324. The van der Waals surface area contributed by atoms with Crippen molar-refractivity contribution in [2.45, 2.75) is 6.42 Å². The SMILES string of the molecule is Cn1c2c(c3ccc(Nc4cccc(OCC[18F])c4)nc31)C(=O)NCC2. The third-order valence-corrected chi connectivity index (χ3v) is 4.48. The van der Waals surface area contributed by atoms with Gasteiger partial charge in [-0.15, -0.1) is 0 Å². The molecule has 0 atom stereocenters. The number of carbonyl (C=O) groups excluding carboxylic acids is 1. The van der Waals surface area contributed by atoms with Crippen LogP contribution in [0.3, 0.4) is 0 Å². The van der Waals surface area contributed by atoms with E-state index in [1.165, 1.54) is 0 Å². The number of halogens is 1. The molecule has 1 amide bonds. The minimum atomic E-state index is -0.526. The maximum atomic E-state index is 12.3. The maximum Gasteiger partial charge on any atom is 0.253 e. The van der Waals surface area contributed by atoms with Gasteiger partial charge in [-0.2, -0.15) is 0 Å². The van der Waals surface area contributed by atoms with Crippen LogP contribution in [0.2, 0.25) is 0 Å². The van der Waals surface area contributed by atoms with Gasteiger partial charge in [0.25, 0.3) is 5.91 Å². The van der Waals surface area contributed by atoms with Crippen molar-refractivity contribution >= 4 is 28.4 Å². The van der Waals surface area contributed by atoms with Crippen molar-refractivity contribution in [1.29, 1.82) is 0 Å². The molecule has 0 radical (unpaired) electrons. The van der Waals surface area contributed by atoms with Crippen LogP contribution in [0.15, 0.2) is 36.4 Å². The number of ether oxygens (including phenoxy) is 1. The summed E-state index contributed by atoms with van der Waals surface area (Å²) in [7, 11) is 1.93. The van der Waals surface area contributed by atoms with Gasteiger partial charge in [0.15, 0.2) is 0 Å². The Balaban J connectivity index is 1.66. The van der Waals surface area contributed by atoms with Gasteiger partial charge in [0.05, 0.1) is 5.56 Å². The first kappa shape index (κ1) is 16.4. The second-order valence-electron chi connectivity index (χ2n) is 6.14. The topological polar surface area (TPSA) is 68.2 Å². The Morgan fingerprint density at radius 3 is 3.08 bits per heavy atom. The summed E-state index contributed by atoms with van der Waals surface area (Å²) in [4.78, 5) is 16.9. The van der Waals surface area contributed by atoms with Crippen LogP contribution in [0.1, 0.15) is 16.1 Å². The Labute approximate surface area is 150 Å². The summed E-state index contributed by atoms with van der Waals surface area (Å²) in [5, 5.41) is 6.97. The number of hydrogen-bond donors (Lipinski definition) is 2. The predicted molar refractivity (Wildman–Crippen MR) is 97.9 cm³/mol. The zero-order chi connectivity index (χ0) is 18.1. The Morgan fingerprint density at radius 2 is 2.23 bits per heavy atom. The van der Waals surface area contributed by atoms with Gasteiger partial charge in [0.2, 0.25) is 0 Å². The van der Waals surface area contributed by atoms with E-state index in [1.54, 1.807) is 12.1 Å². The fourth-order valence-electron chi connectivity index (χ4n) is 3.32. The maximum absolute atomic E-state index is 12.3. The molecule has 1 aliphatic rings. The van der Waals surface area contributed by atoms with Crippen LogP contribution in [0.4, 0.5) is 15.9 Å². The van der Waals surface area contributed by atoms with E-state index in [4.69, 9.17) is 4.74 Å². The van der Waals surface area contributed by atoms with Crippen molar-refractivity contribution in [3.8, 4) is 5.75 Å². The molecule has 1 aliphatic heterocycles. The Kier molecular flexibility index (Phi) is 4.20. The van der Waals surface area contributed by atoms with E-state index in [0.29, 0.717) is 18.1 Å². The molecule has 0 bridgehead atoms. The number of pyridine rings is 1. The van der Waals surface area contributed by atoms with E-state index in [0.717, 1.165) is 34.4 Å². The highest BCUT2D eigenvalue weighted by Crippen LogP contribution is 2.29. The molecule has 4 rings (SSSR count). The molecule has 2 aromatic heterocycles. The first-order valence-corrected chi connectivity index (χ1v) is 8.49. The van der Waals surface area contributed by atoms with E-state index in [-0.39, 0.29) is 12.5 Å². The molecular formula is C19H19FN4O2. The zero-order valence-corrected chi connectivity index (χ0v) is 14.4. The van der Waals surface area contributed by atoms with E-state index in [1.807, 2.05) is 35.9 Å². The fourth-order valence-corrected chi connectivity index (χ4v) is 3.32. The molecule has 26 heavy (non-hydrogen) atoms. The van der Waals surface area contributed by atoms with Crippen LogP contribution < -0.4 is 15.4 Å². The molecular weight excluding hydrogens is 334 g/mol. The number of fused-ring (bicyclic) bond motifs is 3. The van der Waals surface area contributed by atoms with Crippen LogP contribution in [0, 0.1) is 0 Å². The number of benzene rings is 1. The smallest absolute Gasteiger partial charge is 0.253 e. The van der Waals surface area contributed by atoms with Crippen molar-refractivity contribution in [3.05, 3.63) is 47.7 Å². The summed E-state index contributed by atoms with van der Waals surface area (Å²) in [5.74, 6) is 1.22. The van der Waals surface area contributed by atoms with Crippen LogP contribution in [0.5, 0.6) is 5.75 Å². The Hall–Kier alpha value is -3.09.